The third-order valence-corrected chi connectivity index (χ3v) is 4.15. The minimum Gasteiger partial charge on any atom is -0.468 e. The SMILES string of the molecule is CCCC1CCCCN1Cc1cc(CNC(C)C)co1. The largest absolute Gasteiger partial charge is 0.468 e. The molecule has 0 amide bonds. The zero-order chi connectivity index (χ0) is 14.4. The van der Waals surface area contributed by atoms with Gasteiger partial charge in [0, 0.05) is 24.2 Å². The molecule has 0 spiro atoms. The number of hydrogen-bond acceptors (Lipinski definition) is 3. The van der Waals surface area contributed by atoms with Crippen LogP contribution >= 0.6 is 0 Å². The number of nitrogens with zero attached hydrogens (tertiary/aromatic N) is 1. The first-order valence-electron chi connectivity index (χ1n) is 8.22. The molecule has 0 aromatic carbocycles. The average Bonchev–Trinajstić information content (AvgIpc) is 2.87. The van der Waals surface area contributed by atoms with Gasteiger partial charge in [-0.2, -0.15) is 0 Å². The summed E-state index contributed by atoms with van der Waals surface area (Å²) in [6.45, 7) is 9.74. The minimum absolute atomic E-state index is 0.518. The van der Waals surface area contributed by atoms with E-state index < -0.39 is 0 Å². The molecule has 1 aromatic rings. The van der Waals surface area contributed by atoms with Crippen LogP contribution < -0.4 is 5.32 Å². The van der Waals surface area contributed by atoms with Crippen LogP contribution in [0.3, 0.4) is 0 Å². The standard InChI is InChI=1S/C17H30N2O/c1-4-7-16-8-5-6-9-19(16)12-17-10-15(13-20-17)11-18-14(2)3/h10,13-14,16,18H,4-9,11-12H2,1-3H3. The molecule has 114 valence electrons. The predicted octanol–water partition coefficient (Wildman–Crippen LogP) is 3.93. The maximum absolute atomic E-state index is 5.74. The van der Waals surface area contributed by atoms with Crippen LogP contribution in [0.4, 0.5) is 0 Å². The molecule has 1 fully saturated rings. The van der Waals surface area contributed by atoms with E-state index in [1.54, 1.807) is 0 Å². The van der Waals surface area contributed by atoms with Gasteiger partial charge in [-0.25, -0.2) is 0 Å². The van der Waals surface area contributed by atoms with E-state index in [2.05, 4.69) is 37.1 Å². The van der Waals surface area contributed by atoms with Gasteiger partial charge < -0.3 is 9.73 Å². The molecule has 3 heteroatoms. The van der Waals surface area contributed by atoms with Gasteiger partial charge in [0.25, 0.3) is 0 Å². The van der Waals surface area contributed by atoms with Gasteiger partial charge in [0.05, 0.1) is 12.8 Å². The Morgan fingerprint density at radius 3 is 3.00 bits per heavy atom. The van der Waals surface area contributed by atoms with Crippen molar-refractivity contribution in [3.8, 4) is 0 Å². The van der Waals surface area contributed by atoms with Crippen LogP contribution in [-0.2, 0) is 13.1 Å². The molecule has 3 nitrogen and oxygen atoms in total. The number of rotatable bonds is 7. The van der Waals surface area contributed by atoms with Crippen LogP contribution in [0.25, 0.3) is 0 Å². The number of hydrogen-bond donors (Lipinski definition) is 1. The van der Waals surface area contributed by atoms with Gasteiger partial charge in [-0.05, 0) is 31.9 Å². The van der Waals surface area contributed by atoms with Crippen molar-refractivity contribution >= 4 is 0 Å². The van der Waals surface area contributed by atoms with E-state index in [1.165, 1.54) is 44.2 Å². The second-order valence-electron chi connectivity index (χ2n) is 6.37. The van der Waals surface area contributed by atoms with Crippen LogP contribution in [-0.4, -0.2) is 23.5 Å². The highest BCUT2D eigenvalue weighted by Crippen LogP contribution is 2.23. The zero-order valence-electron chi connectivity index (χ0n) is 13.3. The first-order chi connectivity index (χ1) is 9.69. The van der Waals surface area contributed by atoms with Gasteiger partial charge in [-0.15, -0.1) is 0 Å². The summed E-state index contributed by atoms with van der Waals surface area (Å²) < 4.78 is 5.74. The van der Waals surface area contributed by atoms with E-state index in [9.17, 15) is 0 Å². The molecule has 0 bridgehead atoms. The fraction of sp³-hybridized carbons (Fsp3) is 0.765. The summed E-state index contributed by atoms with van der Waals surface area (Å²) in [5.41, 5.74) is 1.26. The summed E-state index contributed by atoms with van der Waals surface area (Å²) in [5.74, 6) is 1.12. The zero-order valence-corrected chi connectivity index (χ0v) is 13.3. The second-order valence-corrected chi connectivity index (χ2v) is 6.37. The second kappa shape index (κ2) is 7.84. The third-order valence-electron chi connectivity index (χ3n) is 4.15. The molecular weight excluding hydrogens is 248 g/mol. The van der Waals surface area contributed by atoms with Gasteiger partial charge in [-0.3, -0.25) is 4.90 Å². The molecule has 0 saturated carbocycles. The maximum atomic E-state index is 5.74. The quantitative estimate of drug-likeness (QED) is 0.819. The summed E-state index contributed by atoms with van der Waals surface area (Å²) >= 11 is 0. The van der Waals surface area contributed by atoms with Crippen molar-refractivity contribution in [3.63, 3.8) is 0 Å². The summed E-state index contributed by atoms with van der Waals surface area (Å²) in [6.07, 6.45) is 8.59. The monoisotopic (exact) mass is 278 g/mol. The third kappa shape index (κ3) is 4.64. The van der Waals surface area contributed by atoms with Crippen LogP contribution in [0.2, 0.25) is 0 Å². The Kier molecular flexibility index (Phi) is 6.11. The lowest BCUT2D eigenvalue weighted by Crippen LogP contribution is -2.38. The Bertz CT molecular complexity index is 384. The molecule has 2 rings (SSSR count). The first-order valence-corrected chi connectivity index (χ1v) is 8.22. The van der Waals surface area contributed by atoms with Crippen molar-refractivity contribution in [1.82, 2.24) is 10.2 Å². The van der Waals surface area contributed by atoms with Crippen molar-refractivity contribution in [1.29, 1.82) is 0 Å². The van der Waals surface area contributed by atoms with Crippen LogP contribution in [0.5, 0.6) is 0 Å². The van der Waals surface area contributed by atoms with Crippen molar-refractivity contribution in [3.05, 3.63) is 23.7 Å². The lowest BCUT2D eigenvalue weighted by Gasteiger charge is -2.35. The molecule has 20 heavy (non-hydrogen) atoms. The fourth-order valence-electron chi connectivity index (χ4n) is 3.05. The minimum atomic E-state index is 0.518. The van der Waals surface area contributed by atoms with Gasteiger partial charge >= 0.3 is 0 Å². The van der Waals surface area contributed by atoms with Gasteiger partial charge in [0.1, 0.15) is 5.76 Å². The summed E-state index contributed by atoms with van der Waals surface area (Å²) in [7, 11) is 0. The highest BCUT2D eigenvalue weighted by Gasteiger charge is 2.22. The Labute approximate surface area is 123 Å². The van der Waals surface area contributed by atoms with Crippen molar-refractivity contribution in [2.24, 2.45) is 0 Å². The number of piperidine rings is 1. The topological polar surface area (TPSA) is 28.4 Å². The molecule has 1 saturated heterocycles. The summed E-state index contributed by atoms with van der Waals surface area (Å²) in [4.78, 5) is 2.62. The van der Waals surface area contributed by atoms with Gasteiger partial charge in [-0.1, -0.05) is 33.6 Å². The van der Waals surface area contributed by atoms with Crippen LogP contribution in [0.15, 0.2) is 16.7 Å². The van der Waals surface area contributed by atoms with Crippen LogP contribution in [0.1, 0.15) is 64.2 Å². The smallest absolute Gasteiger partial charge is 0.118 e. The van der Waals surface area contributed by atoms with Crippen LogP contribution in [0, 0.1) is 0 Å². The molecule has 0 radical (unpaired) electrons. The molecule has 1 aromatic heterocycles. The summed E-state index contributed by atoms with van der Waals surface area (Å²) in [6, 6.07) is 3.49. The van der Waals surface area contributed by atoms with E-state index >= 15 is 0 Å². The van der Waals surface area contributed by atoms with Gasteiger partial charge in [0.15, 0.2) is 0 Å². The molecule has 1 atom stereocenters. The lowest BCUT2D eigenvalue weighted by molar-refractivity contribution is 0.122. The van der Waals surface area contributed by atoms with Crippen molar-refractivity contribution < 1.29 is 4.42 Å². The first kappa shape index (κ1) is 15.6. The van der Waals surface area contributed by atoms with E-state index in [0.29, 0.717) is 6.04 Å². The number of furan rings is 1. The molecule has 1 N–H and O–H groups in total. The van der Waals surface area contributed by atoms with Gasteiger partial charge in [0.2, 0.25) is 0 Å². The molecular formula is C17H30N2O. The Balaban J connectivity index is 1.88. The lowest BCUT2D eigenvalue weighted by atomic mass is 9.98. The molecule has 1 aliphatic heterocycles. The van der Waals surface area contributed by atoms with E-state index in [1.807, 2.05) is 6.26 Å². The molecule has 1 unspecified atom stereocenters. The normalized spacial score (nSPS) is 20.7. The molecule has 2 heterocycles. The van der Waals surface area contributed by atoms with Crippen molar-refractivity contribution in [2.75, 3.05) is 6.54 Å². The Morgan fingerprint density at radius 1 is 1.40 bits per heavy atom. The highest BCUT2D eigenvalue weighted by molar-refractivity contribution is 5.13. The number of likely N-dealkylation sites (tertiary alicyclic amines) is 1. The van der Waals surface area contributed by atoms with E-state index in [0.717, 1.165) is 24.9 Å². The van der Waals surface area contributed by atoms with E-state index in [4.69, 9.17) is 4.42 Å². The van der Waals surface area contributed by atoms with E-state index in [-0.39, 0.29) is 0 Å². The average molecular weight is 278 g/mol. The molecule has 0 aliphatic carbocycles. The molecule has 1 aliphatic rings. The Morgan fingerprint density at radius 2 is 2.25 bits per heavy atom. The summed E-state index contributed by atoms with van der Waals surface area (Å²) in [5, 5.41) is 3.43. The highest BCUT2D eigenvalue weighted by atomic mass is 16.3. The Hall–Kier alpha value is -0.800. The maximum Gasteiger partial charge on any atom is 0.118 e. The van der Waals surface area contributed by atoms with Crippen molar-refractivity contribution in [2.45, 2.75) is 78.0 Å². The predicted molar refractivity (Wildman–Crippen MR) is 83.6 cm³/mol. The fourth-order valence-corrected chi connectivity index (χ4v) is 3.05. The number of nitrogens with one attached hydrogen (secondary N) is 1.